The molecular weight excluding hydrogens is 198 g/mol. The van der Waals surface area contributed by atoms with Crippen molar-refractivity contribution in [3.63, 3.8) is 0 Å². The molecule has 0 aliphatic carbocycles. The Hall–Kier alpha value is -0.740. The van der Waals surface area contributed by atoms with Gasteiger partial charge in [-0.3, -0.25) is 4.98 Å². The summed E-state index contributed by atoms with van der Waals surface area (Å²) in [5.74, 6) is 0. The average Bonchev–Trinajstić information content (AvgIpc) is 2.08. The lowest BCUT2D eigenvalue weighted by Crippen LogP contribution is -2.03. The first-order chi connectivity index (χ1) is 6.06. The van der Waals surface area contributed by atoms with E-state index in [0.29, 0.717) is 11.3 Å². The van der Waals surface area contributed by atoms with E-state index >= 15 is 0 Å². The van der Waals surface area contributed by atoms with Crippen LogP contribution in [0.25, 0.3) is 0 Å². The summed E-state index contributed by atoms with van der Waals surface area (Å²) < 4.78 is 24.7. The van der Waals surface area contributed by atoms with E-state index in [-0.39, 0.29) is 17.3 Å². The lowest BCUT2D eigenvalue weighted by Gasteiger charge is -2.07. The van der Waals surface area contributed by atoms with Gasteiger partial charge < -0.3 is 5.73 Å². The zero-order chi connectivity index (χ0) is 10.0. The summed E-state index contributed by atoms with van der Waals surface area (Å²) in [4.78, 5) is 3.64. The van der Waals surface area contributed by atoms with Gasteiger partial charge in [-0.2, -0.15) is 0 Å². The molecule has 1 aromatic rings. The summed E-state index contributed by atoms with van der Waals surface area (Å²) >= 11 is 5.65. The summed E-state index contributed by atoms with van der Waals surface area (Å²) in [6, 6.07) is 1.61. The van der Waals surface area contributed by atoms with Crippen molar-refractivity contribution in [2.24, 2.45) is 5.73 Å². The fourth-order valence-corrected chi connectivity index (χ4v) is 1.30. The smallest absolute Gasteiger partial charge is 0.281 e. The summed E-state index contributed by atoms with van der Waals surface area (Å²) in [6.07, 6.45) is -2.65. The van der Waals surface area contributed by atoms with Gasteiger partial charge in [-0.15, -0.1) is 0 Å². The first-order valence-corrected chi connectivity index (χ1v) is 4.08. The van der Waals surface area contributed by atoms with Crippen LogP contribution in [0.1, 0.15) is 23.4 Å². The number of rotatable bonds is 2. The lowest BCUT2D eigenvalue weighted by atomic mass is 10.2. The second-order valence-corrected chi connectivity index (χ2v) is 3.00. The molecule has 0 saturated heterocycles. The van der Waals surface area contributed by atoms with Gasteiger partial charge in [-0.1, -0.05) is 11.6 Å². The zero-order valence-corrected chi connectivity index (χ0v) is 7.78. The molecule has 0 bridgehead atoms. The molecule has 0 fully saturated rings. The topological polar surface area (TPSA) is 38.9 Å². The van der Waals surface area contributed by atoms with Crippen LogP contribution < -0.4 is 5.73 Å². The third-order valence-electron chi connectivity index (χ3n) is 1.61. The zero-order valence-electron chi connectivity index (χ0n) is 7.02. The van der Waals surface area contributed by atoms with Crippen LogP contribution in [0.3, 0.4) is 0 Å². The molecule has 0 saturated carbocycles. The van der Waals surface area contributed by atoms with Crippen LogP contribution in [0.4, 0.5) is 8.78 Å². The van der Waals surface area contributed by atoms with Crippen molar-refractivity contribution in [3.05, 3.63) is 28.0 Å². The molecule has 1 aromatic heterocycles. The van der Waals surface area contributed by atoms with E-state index in [1.807, 2.05) is 0 Å². The van der Waals surface area contributed by atoms with Gasteiger partial charge in [0.1, 0.15) is 5.69 Å². The van der Waals surface area contributed by atoms with Gasteiger partial charge in [0.2, 0.25) is 0 Å². The Labute approximate surface area is 79.7 Å². The predicted molar refractivity (Wildman–Crippen MR) is 46.8 cm³/mol. The van der Waals surface area contributed by atoms with Gasteiger partial charge in [0.15, 0.2) is 0 Å². The SMILES string of the molecule is Cc1cc(CN)c(Cl)c(C(F)F)n1. The van der Waals surface area contributed by atoms with Gasteiger partial charge >= 0.3 is 0 Å². The molecule has 0 amide bonds. The van der Waals surface area contributed by atoms with E-state index in [4.69, 9.17) is 17.3 Å². The van der Waals surface area contributed by atoms with E-state index < -0.39 is 6.43 Å². The Bertz CT molecular complexity index is 315. The third kappa shape index (κ3) is 2.14. The second-order valence-electron chi connectivity index (χ2n) is 2.63. The maximum atomic E-state index is 12.3. The number of nitrogens with two attached hydrogens (primary N) is 1. The van der Waals surface area contributed by atoms with E-state index in [2.05, 4.69) is 4.98 Å². The standard InChI is InChI=1S/C8H9ClF2N2/c1-4-2-5(3-12)6(9)7(13-4)8(10)11/h2,8H,3,12H2,1H3. The van der Waals surface area contributed by atoms with Crippen LogP contribution >= 0.6 is 11.6 Å². The highest BCUT2D eigenvalue weighted by Gasteiger charge is 2.16. The molecule has 1 rings (SSSR count). The molecule has 0 radical (unpaired) electrons. The van der Waals surface area contributed by atoms with Crippen molar-refractivity contribution in [3.8, 4) is 0 Å². The number of nitrogens with zero attached hydrogens (tertiary/aromatic N) is 1. The minimum absolute atomic E-state index is 0.0249. The fourth-order valence-electron chi connectivity index (χ4n) is 1.04. The highest BCUT2D eigenvalue weighted by atomic mass is 35.5. The average molecular weight is 207 g/mol. The molecule has 0 atom stereocenters. The van der Waals surface area contributed by atoms with E-state index in [0.717, 1.165) is 0 Å². The maximum absolute atomic E-state index is 12.3. The van der Waals surface area contributed by atoms with Crippen molar-refractivity contribution in [1.82, 2.24) is 4.98 Å². The maximum Gasteiger partial charge on any atom is 0.281 e. The largest absolute Gasteiger partial charge is 0.326 e. The molecule has 5 heteroatoms. The number of hydrogen-bond donors (Lipinski definition) is 1. The van der Waals surface area contributed by atoms with Gasteiger partial charge in [-0.05, 0) is 18.6 Å². The lowest BCUT2D eigenvalue weighted by molar-refractivity contribution is 0.146. The van der Waals surface area contributed by atoms with Gasteiger partial charge in [0.25, 0.3) is 6.43 Å². The predicted octanol–water partition coefficient (Wildman–Crippen LogP) is 2.44. The molecule has 2 nitrogen and oxygen atoms in total. The number of aromatic nitrogens is 1. The third-order valence-corrected chi connectivity index (χ3v) is 2.05. The molecular formula is C8H9ClF2N2. The first kappa shape index (κ1) is 10.3. The van der Waals surface area contributed by atoms with Gasteiger partial charge in [-0.25, -0.2) is 8.78 Å². The van der Waals surface area contributed by atoms with E-state index in [1.54, 1.807) is 13.0 Å². The normalized spacial score (nSPS) is 10.9. The molecule has 0 aromatic carbocycles. The quantitative estimate of drug-likeness (QED) is 0.807. The fraction of sp³-hybridized carbons (Fsp3) is 0.375. The summed E-state index contributed by atoms with van der Waals surface area (Å²) in [5.41, 5.74) is 5.95. The summed E-state index contributed by atoms with van der Waals surface area (Å²) in [5, 5.41) is -0.0249. The molecule has 1 heterocycles. The van der Waals surface area contributed by atoms with Crippen molar-refractivity contribution >= 4 is 11.6 Å². The van der Waals surface area contributed by atoms with Crippen LogP contribution in [0.15, 0.2) is 6.07 Å². The summed E-state index contributed by atoms with van der Waals surface area (Å²) in [7, 11) is 0. The number of alkyl halides is 2. The Morgan fingerprint density at radius 2 is 2.23 bits per heavy atom. The molecule has 2 N–H and O–H groups in total. The van der Waals surface area contributed by atoms with Crippen molar-refractivity contribution in [2.75, 3.05) is 0 Å². The minimum atomic E-state index is -2.65. The number of hydrogen-bond acceptors (Lipinski definition) is 2. The Morgan fingerprint density at radius 3 is 2.69 bits per heavy atom. The van der Waals surface area contributed by atoms with Crippen LogP contribution in [-0.2, 0) is 6.54 Å². The first-order valence-electron chi connectivity index (χ1n) is 3.70. The van der Waals surface area contributed by atoms with Crippen LogP contribution in [0.5, 0.6) is 0 Å². The molecule has 0 spiro atoms. The van der Waals surface area contributed by atoms with Gasteiger partial charge in [0, 0.05) is 12.2 Å². The molecule has 0 aliphatic rings. The molecule has 72 valence electrons. The monoisotopic (exact) mass is 206 g/mol. The highest BCUT2D eigenvalue weighted by molar-refractivity contribution is 6.32. The number of aryl methyl sites for hydroxylation is 1. The van der Waals surface area contributed by atoms with Crippen molar-refractivity contribution in [1.29, 1.82) is 0 Å². The molecule has 0 aliphatic heterocycles. The van der Waals surface area contributed by atoms with Gasteiger partial charge in [0.05, 0.1) is 5.02 Å². The number of pyridine rings is 1. The van der Waals surface area contributed by atoms with Crippen molar-refractivity contribution < 1.29 is 8.78 Å². The Balaban J connectivity index is 3.27. The molecule has 13 heavy (non-hydrogen) atoms. The van der Waals surface area contributed by atoms with E-state index in [9.17, 15) is 8.78 Å². The highest BCUT2D eigenvalue weighted by Crippen LogP contribution is 2.28. The van der Waals surface area contributed by atoms with Crippen molar-refractivity contribution in [2.45, 2.75) is 19.9 Å². The Morgan fingerprint density at radius 1 is 1.62 bits per heavy atom. The molecule has 0 unspecified atom stereocenters. The Kier molecular flexibility index (Phi) is 3.17. The summed E-state index contributed by atoms with van der Waals surface area (Å²) in [6.45, 7) is 1.77. The van der Waals surface area contributed by atoms with E-state index in [1.165, 1.54) is 0 Å². The number of halogens is 3. The second kappa shape index (κ2) is 3.98. The van der Waals surface area contributed by atoms with Crippen LogP contribution in [-0.4, -0.2) is 4.98 Å². The minimum Gasteiger partial charge on any atom is -0.326 e. The van der Waals surface area contributed by atoms with Crippen LogP contribution in [0.2, 0.25) is 5.02 Å². The van der Waals surface area contributed by atoms with Crippen LogP contribution in [0, 0.1) is 6.92 Å².